The Morgan fingerprint density at radius 1 is 1.39 bits per heavy atom. The van der Waals surface area contributed by atoms with E-state index in [0.29, 0.717) is 9.58 Å². The minimum atomic E-state index is -1.10. The van der Waals surface area contributed by atoms with Crippen LogP contribution in [0.15, 0.2) is 24.3 Å². The lowest BCUT2D eigenvalue weighted by Crippen LogP contribution is -2.37. The Balaban J connectivity index is 2.26. The number of amides is 1. The van der Waals surface area contributed by atoms with Gasteiger partial charge in [0.1, 0.15) is 11.9 Å². The summed E-state index contributed by atoms with van der Waals surface area (Å²) in [7, 11) is 0. The first-order valence-electron chi connectivity index (χ1n) is 5.20. The van der Waals surface area contributed by atoms with E-state index in [1.165, 1.54) is 19.1 Å². The molecule has 0 saturated carbocycles. The fourth-order valence-electron chi connectivity index (χ4n) is 1.45. The number of carboxylic acid groups (broad SMARTS) is 1. The molecule has 0 radical (unpaired) electrons. The molecule has 0 aliphatic heterocycles. The second-order valence-corrected chi connectivity index (χ2v) is 4.91. The van der Waals surface area contributed by atoms with Gasteiger partial charge in [0, 0.05) is 4.70 Å². The summed E-state index contributed by atoms with van der Waals surface area (Å²) < 4.78 is 13.6. The van der Waals surface area contributed by atoms with E-state index in [1.807, 2.05) is 0 Å². The number of hydrogen-bond acceptors (Lipinski definition) is 3. The number of carbonyl (C=O) groups excluding carboxylic acids is 1. The standard InChI is InChI=1S/C12H10FNO3S/c1-6(12(16)17)14-11(15)10-4-7-2-3-8(13)5-9(7)18-10/h2-6H,1H3,(H,14,15)(H,16,17)/t6-/m0/s1. The highest BCUT2D eigenvalue weighted by Crippen LogP contribution is 2.26. The second-order valence-electron chi connectivity index (χ2n) is 3.83. The van der Waals surface area contributed by atoms with Gasteiger partial charge in [-0.25, -0.2) is 4.39 Å². The van der Waals surface area contributed by atoms with Crippen molar-refractivity contribution in [3.63, 3.8) is 0 Å². The van der Waals surface area contributed by atoms with E-state index >= 15 is 0 Å². The van der Waals surface area contributed by atoms with Crippen LogP contribution in [0.2, 0.25) is 0 Å². The first-order valence-corrected chi connectivity index (χ1v) is 6.02. The number of benzene rings is 1. The highest BCUT2D eigenvalue weighted by molar-refractivity contribution is 7.20. The van der Waals surface area contributed by atoms with Crippen molar-refractivity contribution < 1.29 is 19.1 Å². The molecule has 18 heavy (non-hydrogen) atoms. The van der Waals surface area contributed by atoms with Crippen molar-refractivity contribution in [2.24, 2.45) is 0 Å². The smallest absolute Gasteiger partial charge is 0.325 e. The van der Waals surface area contributed by atoms with Crippen molar-refractivity contribution in [3.05, 3.63) is 35.0 Å². The number of carboxylic acids is 1. The van der Waals surface area contributed by atoms with Crippen LogP contribution in [-0.4, -0.2) is 23.0 Å². The lowest BCUT2D eigenvalue weighted by atomic mass is 10.2. The predicted molar refractivity (Wildman–Crippen MR) is 66.3 cm³/mol. The fraction of sp³-hybridized carbons (Fsp3) is 0.167. The van der Waals surface area contributed by atoms with Crippen LogP contribution in [0.5, 0.6) is 0 Å². The average Bonchev–Trinajstić information content (AvgIpc) is 2.71. The Bertz CT molecular complexity index is 623. The van der Waals surface area contributed by atoms with E-state index in [0.717, 1.165) is 16.7 Å². The van der Waals surface area contributed by atoms with Gasteiger partial charge in [-0.3, -0.25) is 9.59 Å². The van der Waals surface area contributed by atoms with Crippen molar-refractivity contribution in [1.29, 1.82) is 0 Å². The third-order valence-electron chi connectivity index (χ3n) is 2.42. The minimum Gasteiger partial charge on any atom is -0.480 e. The van der Waals surface area contributed by atoms with Crippen molar-refractivity contribution in [1.82, 2.24) is 5.32 Å². The molecule has 0 saturated heterocycles. The van der Waals surface area contributed by atoms with Gasteiger partial charge in [-0.1, -0.05) is 6.07 Å². The van der Waals surface area contributed by atoms with Crippen LogP contribution in [0.25, 0.3) is 10.1 Å². The van der Waals surface area contributed by atoms with Crippen molar-refractivity contribution in [2.45, 2.75) is 13.0 Å². The van der Waals surface area contributed by atoms with Gasteiger partial charge in [0.25, 0.3) is 5.91 Å². The van der Waals surface area contributed by atoms with Crippen molar-refractivity contribution in [3.8, 4) is 0 Å². The quantitative estimate of drug-likeness (QED) is 0.896. The number of nitrogens with one attached hydrogen (secondary N) is 1. The molecule has 0 aliphatic rings. The van der Waals surface area contributed by atoms with Crippen LogP contribution in [0.4, 0.5) is 4.39 Å². The zero-order chi connectivity index (χ0) is 13.3. The summed E-state index contributed by atoms with van der Waals surface area (Å²) in [5.41, 5.74) is 0. The number of rotatable bonds is 3. The van der Waals surface area contributed by atoms with E-state index in [9.17, 15) is 14.0 Å². The maximum absolute atomic E-state index is 13.0. The van der Waals surface area contributed by atoms with Gasteiger partial charge < -0.3 is 10.4 Å². The Kier molecular flexibility index (Phi) is 3.29. The third kappa shape index (κ3) is 2.48. The van der Waals surface area contributed by atoms with Crippen LogP contribution in [0, 0.1) is 5.82 Å². The van der Waals surface area contributed by atoms with E-state index in [4.69, 9.17) is 5.11 Å². The molecule has 1 aromatic carbocycles. The number of fused-ring (bicyclic) bond motifs is 1. The van der Waals surface area contributed by atoms with E-state index < -0.39 is 17.9 Å². The van der Waals surface area contributed by atoms with E-state index in [-0.39, 0.29) is 5.82 Å². The maximum atomic E-state index is 13.0. The summed E-state index contributed by atoms with van der Waals surface area (Å²) in [6.07, 6.45) is 0. The first kappa shape index (κ1) is 12.5. The molecule has 1 heterocycles. The molecular formula is C12H10FNO3S. The monoisotopic (exact) mass is 267 g/mol. The summed E-state index contributed by atoms with van der Waals surface area (Å²) in [6, 6.07) is 4.90. The third-order valence-corrected chi connectivity index (χ3v) is 3.52. The first-order chi connectivity index (χ1) is 8.47. The second kappa shape index (κ2) is 4.73. The van der Waals surface area contributed by atoms with Crippen molar-refractivity contribution >= 4 is 33.3 Å². The highest BCUT2D eigenvalue weighted by Gasteiger charge is 2.17. The number of aliphatic carboxylic acids is 1. The summed E-state index contributed by atoms with van der Waals surface area (Å²) in [4.78, 5) is 22.7. The van der Waals surface area contributed by atoms with Crippen molar-refractivity contribution in [2.75, 3.05) is 0 Å². The topological polar surface area (TPSA) is 66.4 Å². The Labute approximate surface area is 106 Å². The van der Waals surface area contributed by atoms with Gasteiger partial charge in [-0.2, -0.15) is 0 Å². The Hall–Kier alpha value is -1.95. The molecule has 0 bridgehead atoms. The zero-order valence-electron chi connectivity index (χ0n) is 9.44. The molecular weight excluding hydrogens is 257 g/mol. The molecule has 0 fully saturated rings. The summed E-state index contributed by atoms with van der Waals surface area (Å²) in [6.45, 7) is 1.38. The van der Waals surface area contributed by atoms with Gasteiger partial charge >= 0.3 is 5.97 Å². The molecule has 6 heteroatoms. The number of thiophene rings is 1. The van der Waals surface area contributed by atoms with Crippen LogP contribution in [-0.2, 0) is 4.79 Å². The molecule has 0 spiro atoms. The van der Waals surface area contributed by atoms with E-state index in [1.54, 1.807) is 12.1 Å². The maximum Gasteiger partial charge on any atom is 0.325 e. The molecule has 2 aromatic rings. The summed E-state index contributed by atoms with van der Waals surface area (Å²) in [5.74, 6) is -1.93. The largest absolute Gasteiger partial charge is 0.480 e. The van der Waals surface area contributed by atoms with Crippen LogP contribution >= 0.6 is 11.3 Å². The van der Waals surface area contributed by atoms with Crippen LogP contribution in [0.1, 0.15) is 16.6 Å². The lowest BCUT2D eigenvalue weighted by Gasteiger charge is -2.07. The number of halogens is 1. The molecule has 2 rings (SSSR count). The molecule has 2 N–H and O–H groups in total. The molecule has 0 unspecified atom stereocenters. The minimum absolute atomic E-state index is 0.365. The average molecular weight is 267 g/mol. The zero-order valence-corrected chi connectivity index (χ0v) is 10.3. The molecule has 1 aromatic heterocycles. The predicted octanol–water partition coefficient (Wildman–Crippen LogP) is 2.24. The summed E-state index contributed by atoms with van der Waals surface area (Å²) in [5, 5.41) is 11.8. The molecule has 94 valence electrons. The van der Waals surface area contributed by atoms with E-state index in [2.05, 4.69) is 5.32 Å². The molecule has 1 atom stereocenters. The number of hydrogen-bond donors (Lipinski definition) is 2. The Morgan fingerprint density at radius 3 is 2.78 bits per heavy atom. The van der Waals surface area contributed by atoms with Gasteiger partial charge in [0.15, 0.2) is 0 Å². The molecule has 1 amide bonds. The van der Waals surface area contributed by atoms with Gasteiger partial charge in [0.05, 0.1) is 4.88 Å². The normalized spacial score (nSPS) is 12.3. The molecule has 4 nitrogen and oxygen atoms in total. The lowest BCUT2D eigenvalue weighted by molar-refractivity contribution is -0.138. The summed E-state index contributed by atoms with van der Waals surface area (Å²) >= 11 is 1.13. The fourth-order valence-corrected chi connectivity index (χ4v) is 2.44. The number of carbonyl (C=O) groups is 2. The highest BCUT2D eigenvalue weighted by atomic mass is 32.1. The van der Waals surface area contributed by atoms with Gasteiger partial charge in [-0.05, 0) is 30.5 Å². The Morgan fingerprint density at radius 2 is 2.11 bits per heavy atom. The van der Waals surface area contributed by atoms with Crippen LogP contribution in [0.3, 0.4) is 0 Å². The van der Waals surface area contributed by atoms with Gasteiger partial charge in [-0.15, -0.1) is 11.3 Å². The molecule has 0 aliphatic carbocycles. The SMILES string of the molecule is C[C@H](NC(=O)c1cc2ccc(F)cc2s1)C(=O)O. The van der Waals surface area contributed by atoms with Gasteiger partial charge in [0.2, 0.25) is 0 Å². The van der Waals surface area contributed by atoms with Crippen LogP contribution < -0.4 is 5.32 Å².